The molecule has 12 heteroatoms. The molecule has 0 aliphatic carbocycles. The number of allylic oxidation sites excluding steroid dienone is 7. The van der Waals surface area contributed by atoms with Gasteiger partial charge in [0.15, 0.2) is 0 Å². The van der Waals surface area contributed by atoms with Crippen LogP contribution in [0, 0.1) is 11.8 Å². The Balaban J connectivity index is 2.31. The predicted octanol–water partition coefficient (Wildman–Crippen LogP) is 7.40. The number of fused-ring (bicyclic) bond motifs is 1. The summed E-state index contributed by atoms with van der Waals surface area (Å²) in [5, 5.41) is 44.5. The number of phenols is 1. The highest BCUT2D eigenvalue weighted by Crippen LogP contribution is 2.27. The van der Waals surface area contributed by atoms with E-state index in [9.17, 15) is 39.6 Å². The molecule has 1 heterocycles. The molecule has 0 saturated heterocycles. The lowest BCUT2D eigenvalue weighted by Gasteiger charge is -2.24. The summed E-state index contributed by atoms with van der Waals surface area (Å²) in [6.45, 7) is 10.3. The third-order valence-electron chi connectivity index (χ3n) is 9.07. The third kappa shape index (κ3) is 16.0. The molecule has 1 aromatic carbocycles. The van der Waals surface area contributed by atoms with Gasteiger partial charge >= 0.3 is 18.0 Å². The summed E-state index contributed by atoms with van der Waals surface area (Å²) in [6, 6.07) is 3.97. The zero-order chi connectivity index (χ0) is 40.9. The van der Waals surface area contributed by atoms with Gasteiger partial charge in [0, 0.05) is 50.1 Å². The van der Waals surface area contributed by atoms with Crippen LogP contribution in [0.3, 0.4) is 0 Å². The van der Waals surface area contributed by atoms with Crippen molar-refractivity contribution in [1.29, 1.82) is 0 Å². The van der Waals surface area contributed by atoms with E-state index in [0.717, 1.165) is 11.3 Å². The lowest BCUT2D eigenvalue weighted by Crippen LogP contribution is -2.37. The molecular formula is C43H58N2O10. The van der Waals surface area contributed by atoms with Crippen molar-refractivity contribution >= 4 is 23.9 Å². The first-order valence-electron chi connectivity index (χ1n) is 18.7. The zero-order valence-corrected chi connectivity index (χ0v) is 32.8. The molecule has 2 rings (SSSR count). The molecule has 0 bridgehead atoms. The predicted molar refractivity (Wildman–Crippen MR) is 212 cm³/mol. The SMILES string of the molecule is C/C=C/[C@H](C)[C@H](O)C[C@H](C/C=C/NC(=O)N(/C=C/CC1C[C@@H](O)[C@@H](C)C/C=C/Cc2cccc(O)c2C(=O)O1)C(=O)/C=C\C=C/CC)OC(=O)/C(C)=C(/C)O. The number of ether oxygens (including phenoxy) is 2. The zero-order valence-electron chi connectivity index (χ0n) is 32.8. The Morgan fingerprint density at radius 2 is 1.87 bits per heavy atom. The van der Waals surface area contributed by atoms with Crippen LogP contribution in [0.1, 0.15) is 96.0 Å². The van der Waals surface area contributed by atoms with E-state index in [1.165, 1.54) is 56.6 Å². The monoisotopic (exact) mass is 762 g/mol. The van der Waals surface area contributed by atoms with Crippen molar-refractivity contribution in [3.05, 3.63) is 114 Å². The molecule has 0 radical (unpaired) electrons. The Labute approximate surface area is 324 Å². The van der Waals surface area contributed by atoms with Crippen LogP contribution in [0.4, 0.5) is 4.79 Å². The van der Waals surface area contributed by atoms with Crippen LogP contribution in [0.25, 0.3) is 0 Å². The van der Waals surface area contributed by atoms with E-state index in [2.05, 4.69) is 5.32 Å². The Bertz CT molecular complexity index is 1650. The van der Waals surface area contributed by atoms with Gasteiger partial charge in [-0.2, -0.15) is 0 Å². The van der Waals surface area contributed by atoms with E-state index in [1.807, 2.05) is 58.1 Å². The van der Waals surface area contributed by atoms with Gasteiger partial charge in [-0.25, -0.2) is 19.3 Å². The summed E-state index contributed by atoms with van der Waals surface area (Å²) in [6.07, 6.45) is 17.9. The number of hydrogen-bond donors (Lipinski definition) is 5. The Morgan fingerprint density at radius 3 is 2.56 bits per heavy atom. The minimum absolute atomic E-state index is 0.0244. The lowest BCUT2D eigenvalue weighted by molar-refractivity contribution is -0.146. The number of carbonyl (C=O) groups is 4. The number of nitrogens with one attached hydrogen (secondary N) is 1. The molecule has 1 unspecified atom stereocenters. The molecule has 0 fully saturated rings. The number of imide groups is 1. The molecule has 12 nitrogen and oxygen atoms in total. The number of urea groups is 1. The number of benzene rings is 1. The highest BCUT2D eigenvalue weighted by Gasteiger charge is 2.26. The van der Waals surface area contributed by atoms with Crippen LogP contribution in [0.5, 0.6) is 5.75 Å². The first kappa shape index (κ1) is 46.0. The maximum Gasteiger partial charge on any atom is 0.342 e. The number of esters is 2. The van der Waals surface area contributed by atoms with Crippen LogP contribution in [-0.2, 0) is 25.5 Å². The smallest absolute Gasteiger partial charge is 0.342 e. The molecule has 55 heavy (non-hydrogen) atoms. The highest BCUT2D eigenvalue weighted by atomic mass is 16.5. The van der Waals surface area contributed by atoms with Gasteiger partial charge in [0.1, 0.15) is 23.5 Å². The minimum Gasteiger partial charge on any atom is -0.512 e. The van der Waals surface area contributed by atoms with Crippen molar-refractivity contribution in [1.82, 2.24) is 10.2 Å². The summed E-state index contributed by atoms with van der Waals surface area (Å²) >= 11 is 0. The molecule has 0 spiro atoms. The molecule has 5 N–H and O–H groups in total. The van der Waals surface area contributed by atoms with Crippen LogP contribution in [0.15, 0.2) is 103 Å². The van der Waals surface area contributed by atoms with Crippen molar-refractivity contribution in [2.75, 3.05) is 0 Å². The second kappa shape index (κ2) is 24.3. The molecule has 0 saturated carbocycles. The van der Waals surface area contributed by atoms with Crippen molar-refractivity contribution in [3.8, 4) is 5.75 Å². The number of rotatable bonds is 15. The van der Waals surface area contributed by atoms with E-state index in [-0.39, 0.29) is 60.2 Å². The second-order valence-corrected chi connectivity index (χ2v) is 13.6. The molecular weight excluding hydrogens is 704 g/mol. The molecule has 1 aromatic rings. The number of aromatic hydroxyl groups is 1. The fraction of sp³-hybridized carbons (Fsp3) is 0.442. The number of hydrogen-bond acceptors (Lipinski definition) is 10. The molecule has 1 aliphatic heterocycles. The number of cyclic esters (lactones) is 1. The van der Waals surface area contributed by atoms with Gasteiger partial charge in [0.2, 0.25) is 0 Å². The van der Waals surface area contributed by atoms with Crippen molar-refractivity contribution in [2.24, 2.45) is 11.8 Å². The van der Waals surface area contributed by atoms with E-state index in [0.29, 0.717) is 18.4 Å². The number of carbonyl (C=O) groups excluding carboxylic acids is 4. The summed E-state index contributed by atoms with van der Waals surface area (Å²) in [5.41, 5.74) is 0.647. The van der Waals surface area contributed by atoms with Gasteiger partial charge in [0.25, 0.3) is 5.91 Å². The Kier molecular flexibility index (Phi) is 20.3. The van der Waals surface area contributed by atoms with E-state index in [1.54, 1.807) is 18.2 Å². The maximum absolute atomic E-state index is 13.4. The molecule has 0 aromatic heterocycles. The quantitative estimate of drug-likeness (QED) is 0.0397. The van der Waals surface area contributed by atoms with Crippen LogP contribution in [-0.4, -0.2) is 73.6 Å². The summed E-state index contributed by atoms with van der Waals surface area (Å²) in [7, 11) is 0. The average molecular weight is 763 g/mol. The Morgan fingerprint density at radius 1 is 1.13 bits per heavy atom. The molecule has 300 valence electrons. The lowest BCUT2D eigenvalue weighted by atomic mass is 9.93. The topological polar surface area (TPSA) is 183 Å². The van der Waals surface area contributed by atoms with Gasteiger partial charge in [-0.05, 0) is 57.6 Å². The summed E-state index contributed by atoms with van der Waals surface area (Å²) in [4.78, 5) is 53.4. The molecule has 1 aliphatic rings. The number of nitrogens with zero attached hydrogens (tertiary/aromatic N) is 1. The first-order chi connectivity index (χ1) is 26.2. The maximum atomic E-state index is 13.4. The van der Waals surface area contributed by atoms with Gasteiger partial charge in [-0.1, -0.05) is 87.6 Å². The van der Waals surface area contributed by atoms with Gasteiger partial charge in [-0.3, -0.25) is 4.79 Å². The number of phenolic OH excluding ortho intramolecular Hbond substituents is 1. The highest BCUT2D eigenvalue weighted by molar-refractivity contribution is 6.01. The van der Waals surface area contributed by atoms with Crippen LogP contribution < -0.4 is 5.32 Å². The third-order valence-corrected chi connectivity index (χ3v) is 9.07. The summed E-state index contributed by atoms with van der Waals surface area (Å²) in [5.74, 6) is -2.96. The van der Waals surface area contributed by atoms with Gasteiger partial charge in [-0.15, -0.1) is 0 Å². The first-order valence-corrected chi connectivity index (χ1v) is 18.7. The molecule has 3 amide bonds. The van der Waals surface area contributed by atoms with E-state index in [4.69, 9.17) is 9.47 Å². The number of amides is 3. The summed E-state index contributed by atoms with van der Waals surface area (Å²) < 4.78 is 11.4. The van der Waals surface area contributed by atoms with E-state index >= 15 is 0 Å². The largest absolute Gasteiger partial charge is 0.512 e. The minimum atomic E-state index is -0.862. The number of aliphatic hydroxyl groups excluding tert-OH is 3. The van der Waals surface area contributed by atoms with Crippen LogP contribution in [0.2, 0.25) is 0 Å². The second-order valence-electron chi connectivity index (χ2n) is 13.6. The van der Waals surface area contributed by atoms with Crippen molar-refractivity contribution < 1.29 is 49.1 Å². The van der Waals surface area contributed by atoms with E-state index < -0.39 is 48.3 Å². The fourth-order valence-corrected chi connectivity index (χ4v) is 5.48. The normalized spacial score (nSPS) is 21.0. The molecule has 6 atom stereocenters. The van der Waals surface area contributed by atoms with Crippen molar-refractivity contribution in [3.63, 3.8) is 0 Å². The van der Waals surface area contributed by atoms with Crippen molar-refractivity contribution in [2.45, 2.75) is 111 Å². The standard InChI is InChI=1S/C43H58N2O10/c1-7-9-10-11-24-39(50)45(43(53)44-25-15-21-34(27-37(48)29(3)17-8-2)54-41(51)31(5)32(6)46)26-16-22-35-28-38(49)30(4)18-12-13-19-33-20-14-23-36(47)40(33)42(52)55-35/h8-17,20,23-26,29-30,34-35,37-38,46-49H,7,18-19,21-22,27-28H2,1-6H3,(H,44,53)/b10-9-,13-12+,17-8+,24-11-,25-15+,26-16+,32-31-/t29-,30-,34-,35?,37+,38+/m0/s1. The average Bonchev–Trinajstić information content (AvgIpc) is 3.14. The van der Waals surface area contributed by atoms with Crippen LogP contribution >= 0.6 is 0 Å². The van der Waals surface area contributed by atoms with Gasteiger partial charge < -0.3 is 35.2 Å². The Hall–Kier alpha value is -5.20. The van der Waals surface area contributed by atoms with Gasteiger partial charge in [0.05, 0.1) is 23.5 Å². The number of aliphatic hydroxyl groups is 3. The fourth-order valence-electron chi connectivity index (χ4n) is 5.48.